The monoisotopic (exact) mass is 524 g/mol. The molecule has 9 heteroatoms. The number of ether oxygens (including phenoxy) is 1. The van der Waals surface area contributed by atoms with Gasteiger partial charge in [-0.3, -0.25) is 4.99 Å². The molecule has 0 saturated carbocycles. The molecular weight excluding hydrogens is 491 g/mol. The number of benzene rings is 1. The molecule has 1 aromatic carbocycles. The van der Waals surface area contributed by atoms with Crippen LogP contribution in [0.5, 0.6) is 0 Å². The molecule has 0 aromatic heterocycles. The topological polar surface area (TPSA) is 83.0 Å². The molecule has 7 nitrogen and oxygen atoms in total. The molecule has 0 unspecified atom stereocenters. The largest absolute Gasteiger partial charge is 0.382 e. The molecular formula is C19H33IN4O3S. The van der Waals surface area contributed by atoms with E-state index in [1.807, 2.05) is 19.1 Å². The van der Waals surface area contributed by atoms with Gasteiger partial charge in [-0.05, 0) is 43.9 Å². The van der Waals surface area contributed by atoms with Gasteiger partial charge in [0, 0.05) is 46.4 Å². The first kappa shape index (κ1) is 25.1. The van der Waals surface area contributed by atoms with Gasteiger partial charge in [0.05, 0.1) is 4.90 Å². The van der Waals surface area contributed by atoms with E-state index in [0.29, 0.717) is 24.5 Å². The number of aliphatic imine (C=N–C) groups is 1. The fourth-order valence-corrected chi connectivity index (χ4v) is 4.48. The summed E-state index contributed by atoms with van der Waals surface area (Å²) in [5.74, 6) is 0.719. The van der Waals surface area contributed by atoms with Crippen molar-refractivity contribution in [2.45, 2.75) is 44.0 Å². The van der Waals surface area contributed by atoms with E-state index >= 15 is 0 Å². The molecule has 160 valence electrons. The normalized spacial score (nSPS) is 15.7. The van der Waals surface area contributed by atoms with Gasteiger partial charge in [0.25, 0.3) is 0 Å². The summed E-state index contributed by atoms with van der Waals surface area (Å²) in [5.41, 5.74) is 1.00. The van der Waals surface area contributed by atoms with E-state index < -0.39 is 10.0 Å². The number of rotatable bonds is 9. The zero-order valence-corrected chi connectivity index (χ0v) is 20.0. The maximum atomic E-state index is 12.7. The standard InChI is InChI=1S/C19H32N4O3S.HI/c1-3-26-15-7-12-21-19(20-2)22-16-17-8-10-18(11-9-17)27(24,25)23-13-5-4-6-14-23;/h8-11H,3-7,12-16H2,1-2H3,(H2,20,21,22);1H. The Hall–Kier alpha value is -0.910. The first-order valence-electron chi connectivity index (χ1n) is 9.69. The minimum atomic E-state index is -3.37. The molecule has 2 N–H and O–H groups in total. The van der Waals surface area contributed by atoms with Crippen molar-refractivity contribution in [2.24, 2.45) is 4.99 Å². The summed E-state index contributed by atoms with van der Waals surface area (Å²) in [4.78, 5) is 4.56. The van der Waals surface area contributed by atoms with Crippen LogP contribution < -0.4 is 10.6 Å². The summed E-state index contributed by atoms with van der Waals surface area (Å²) in [6.07, 6.45) is 3.91. The quantitative estimate of drug-likeness (QED) is 0.225. The van der Waals surface area contributed by atoms with Crippen LogP contribution in [0.15, 0.2) is 34.2 Å². The van der Waals surface area contributed by atoms with E-state index in [1.165, 1.54) is 0 Å². The lowest BCUT2D eigenvalue weighted by molar-refractivity contribution is 0.145. The van der Waals surface area contributed by atoms with Crippen molar-refractivity contribution in [3.05, 3.63) is 29.8 Å². The number of sulfonamides is 1. The molecule has 0 atom stereocenters. The molecule has 0 bridgehead atoms. The lowest BCUT2D eigenvalue weighted by Crippen LogP contribution is -2.37. The van der Waals surface area contributed by atoms with Crippen molar-refractivity contribution in [1.82, 2.24) is 14.9 Å². The minimum Gasteiger partial charge on any atom is -0.382 e. The van der Waals surface area contributed by atoms with Crippen molar-refractivity contribution >= 4 is 40.0 Å². The summed E-state index contributed by atoms with van der Waals surface area (Å²) in [5, 5.41) is 6.47. The highest BCUT2D eigenvalue weighted by Gasteiger charge is 2.25. The molecule has 0 amide bonds. The van der Waals surface area contributed by atoms with Crippen LogP contribution in [0.25, 0.3) is 0 Å². The number of nitrogens with one attached hydrogen (secondary N) is 2. The van der Waals surface area contributed by atoms with Gasteiger partial charge in [0.2, 0.25) is 10.0 Å². The second kappa shape index (κ2) is 13.3. The molecule has 28 heavy (non-hydrogen) atoms. The average molecular weight is 524 g/mol. The Kier molecular flexibility index (Phi) is 12.0. The zero-order chi connectivity index (χ0) is 19.5. The molecule has 1 aromatic rings. The Balaban J connectivity index is 0.00000392. The van der Waals surface area contributed by atoms with Gasteiger partial charge in [-0.25, -0.2) is 8.42 Å². The average Bonchev–Trinajstić information content (AvgIpc) is 2.71. The lowest BCUT2D eigenvalue weighted by Gasteiger charge is -2.25. The SMILES string of the molecule is CCOCCCNC(=NC)NCc1ccc(S(=O)(=O)N2CCCCC2)cc1.I. The molecule has 1 aliphatic rings. The molecule has 1 aliphatic heterocycles. The maximum Gasteiger partial charge on any atom is 0.243 e. The third kappa shape index (κ3) is 7.84. The number of nitrogens with zero attached hydrogens (tertiary/aromatic N) is 2. The molecule has 1 fully saturated rings. The van der Waals surface area contributed by atoms with E-state index in [-0.39, 0.29) is 24.0 Å². The van der Waals surface area contributed by atoms with Gasteiger partial charge in [0.1, 0.15) is 0 Å². The first-order valence-corrected chi connectivity index (χ1v) is 11.1. The number of hydrogen-bond acceptors (Lipinski definition) is 4. The number of piperidine rings is 1. The van der Waals surface area contributed by atoms with E-state index in [9.17, 15) is 8.42 Å². The molecule has 2 rings (SSSR count). The summed E-state index contributed by atoms with van der Waals surface area (Å²) in [7, 11) is -1.64. The lowest BCUT2D eigenvalue weighted by atomic mass is 10.2. The van der Waals surface area contributed by atoms with Gasteiger partial charge in [-0.1, -0.05) is 18.6 Å². The number of halogens is 1. The Morgan fingerprint density at radius 1 is 1.14 bits per heavy atom. The highest BCUT2D eigenvalue weighted by atomic mass is 127. The molecule has 1 heterocycles. The van der Waals surface area contributed by atoms with Crippen LogP contribution in [-0.2, 0) is 21.3 Å². The number of hydrogen-bond donors (Lipinski definition) is 2. The Bertz CT molecular complexity index is 690. The van der Waals surface area contributed by atoms with Crippen LogP contribution in [0, 0.1) is 0 Å². The van der Waals surface area contributed by atoms with Gasteiger partial charge < -0.3 is 15.4 Å². The van der Waals surface area contributed by atoms with Gasteiger partial charge in [-0.2, -0.15) is 4.31 Å². The smallest absolute Gasteiger partial charge is 0.243 e. The van der Waals surface area contributed by atoms with Crippen molar-refractivity contribution < 1.29 is 13.2 Å². The maximum absolute atomic E-state index is 12.7. The third-order valence-electron chi connectivity index (χ3n) is 4.52. The summed E-state index contributed by atoms with van der Waals surface area (Å²) in [6.45, 7) is 6.05. The second-order valence-corrected chi connectivity index (χ2v) is 8.45. The minimum absolute atomic E-state index is 0. The van der Waals surface area contributed by atoms with Gasteiger partial charge in [-0.15, -0.1) is 24.0 Å². The van der Waals surface area contributed by atoms with Crippen LogP contribution in [0.1, 0.15) is 38.2 Å². The van der Waals surface area contributed by atoms with Crippen LogP contribution in [0.3, 0.4) is 0 Å². The molecule has 1 saturated heterocycles. The van der Waals surface area contributed by atoms with Crippen LogP contribution in [0.2, 0.25) is 0 Å². The van der Waals surface area contributed by atoms with Crippen molar-refractivity contribution in [3.8, 4) is 0 Å². The third-order valence-corrected chi connectivity index (χ3v) is 6.43. The molecule has 0 spiro atoms. The van der Waals surface area contributed by atoms with Crippen LogP contribution in [-0.4, -0.2) is 58.6 Å². The first-order chi connectivity index (χ1) is 13.1. The van der Waals surface area contributed by atoms with E-state index in [0.717, 1.165) is 57.0 Å². The summed E-state index contributed by atoms with van der Waals surface area (Å²) in [6, 6.07) is 7.09. The predicted molar refractivity (Wildman–Crippen MR) is 124 cm³/mol. The number of guanidine groups is 1. The van der Waals surface area contributed by atoms with Gasteiger partial charge in [0.15, 0.2) is 5.96 Å². The summed E-state index contributed by atoms with van der Waals surface area (Å²) < 4.78 is 32.3. The van der Waals surface area contributed by atoms with Gasteiger partial charge >= 0.3 is 0 Å². The van der Waals surface area contributed by atoms with Crippen LogP contribution >= 0.6 is 24.0 Å². The fourth-order valence-electron chi connectivity index (χ4n) is 2.97. The molecule has 0 radical (unpaired) electrons. The van der Waals surface area contributed by atoms with E-state index in [1.54, 1.807) is 23.5 Å². The zero-order valence-electron chi connectivity index (χ0n) is 16.8. The highest BCUT2D eigenvalue weighted by molar-refractivity contribution is 14.0. The second-order valence-electron chi connectivity index (χ2n) is 6.51. The van der Waals surface area contributed by atoms with Crippen LogP contribution in [0.4, 0.5) is 0 Å². The summed E-state index contributed by atoms with van der Waals surface area (Å²) >= 11 is 0. The van der Waals surface area contributed by atoms with E-state index in [2.05, 4.69) is 15.6 Å². The van der Waals surface area contributed by atoms with Crippen molar-refractivity contribution in [3.63, 3.8) is 0 Å². The van der Waals surface area contributed by atoms with E-state index in [4.69, 9.17) is 4.74 Å². The Morgan fingerprint density at radius 2 is 1.82 bits per heavy atom. The fraction of sp³-hybridized carbons (Fsp3) is 0.632. The molecule has 0 aliphatic carbocycles. The Labute approximate surface area is 186 Å². The van der Waals surface area contributed by atoms with Crippen molar-refractivity contribution in [1.29, 1.82) is 0 Å². The highest BCUT2D eigenvalue weighted by Crippen LogP contribution is 2.20. The van der Waals surface area contributed by atoms with Crippen molar-refractivity contribution in [2.75, 3.05) is 39.9 Å². The predicted octanol–water partition coefficient (Wildman–Crippen LogP) is 2.57. The Morgan fingerprint density at radius 3 is 2.43 bits per heavy atom.